The number of likely N-dealkylation sites (tertiary alicyclic amines) is 1. The van der Waals surface area contributed by atoms with E-state index in [9.17, 15) is 14.4 Å². The van der Waals surface area contributed by atoms with E-state index in [1.807, 2.05) is 19.9 Å². The van der Waals surface area contributed by atoms with Crippen molar-refractivity contribution in [3.63, 3.8) is 0 Å². The number of nitrogens with one attached hydrogen (secondary N) is 3. The van der Waals surface area contributed by atoms with Gasteiger partial charge in [-0.2, -0.15) is 0 Å². The van der Waals surface area contributed by atoms with Gasteiger partial charge in [0, 0.05) is 30.7 Å². The molecule has 4 amide bonds. The first kappa shape index (κ1) is 18.8. The number of carbonyl (C=O) groups is 3. The van der Waals surface area contributed by atoms with E-state index in [2.05, 4.69) is 16.0 Å². The van der Waals surface area contributed by atoms with Crippen LogP contribution in [0.5, 0.6) is 0 Å². The largest absolute Gasteiger partial charge is 0.343 e. The second kappa shape index (κ2) is 9.05. The molecule has 0 saturated carbocycles. The Morgan fingerprint density at radius 2 is 1.76 bits per heavy atom. The number of carbonyl (C=O) groups excluding carboxylic acids is 3. The van der Waals surface area contributed by atoms with Crippen molar-refractivity contribution in [2.75, 3.05) is 19.6 Å². The second-order valence-corrected chi connectivity index (χ2v) is 6.48. The normalized spacial score (nSPS) is 14.9. The average Bonchev–Trinajstić information content (AvgIpc) is 2.60. The maximum atomic E-state index is 12.2. The minimum Gasteiger partial charge on any atom is -0.343 e. The summed E-state index contributed by atoms with van der Waals surface area (Å²) in [6.45, 7) is 4.95. The summed E-state index contributed by atoms with van der Waals surface area (Å²) < 4.78 is 0. The molecule has 136 valence electrons. The first-order valence-corrected chi connectivity index (χ1v) is 8.63. The summed E-state index contributed by atoms with van der Waals surface area (Å²) in [4.78, 5) is 37.6. The quantitative estimate of drug-likeness (QED) is 0.746. The van der Waals surface area contributed by atoms with E-state index in [0.717, 1.165) is 0 Å². The molecule has 0 unspecified atom stereocenters. The van der Waals surface area contributed by atoms with Crippen LogP contribution in [0.25, 0.3) is 0 Å². The molecule has 1 aromatic rings. The highest BCUT2D eigenvalue weighted by molar-refractivity contribution is 5.96. The highest BCUT2D eigenvalue weighted by atomic mass is 16.2. The Morgan fingerprint density at radius 3 is 2.36 bits per heavy atom. The van der Waals surface area contributed by atoms with Gasteiger partial charge in [0.05, 0.1) is 6.54 Å². The van der Waals surface area contributed by atoms with Gasteiger partial charge in [0.2, 0.25) is 5.91 Å². The lowest BCUT2D eigenvalue weighted by molar-refractivity contribution is -0.131. The molecule has 3 N–H and O–H groups in total. The Kier molecular flexibility index (Phi) is 6.80. The highest BCUT2D eigenvalue weighted by Crippen LogP contribution is 2.10. The van der Waals surface area contributed by atoms with E-state index in [1.165, 1.54) is 0 Å². The summed E-state index contributed by atoms with van der Waals surface area (Å²) in [5.74, 6) is -0.356. The standard InChI is InChI=1S/C18H26N4O3/c1-13(2)20-18(25)21-15-8-10-22(11-9-15)16(23)12-19-17(24)14-6-4-3-5-7-14/h3-7,13,15H,8-12H2,1-2H3,(H,19,24)(H2,20,21,25). The summed E-state index contributed by atoms with van der Waals surface area (Å²) in [7, 11) is 0. The van der Waals surface area contributed by atoms with Crippen LogP contribution in [-0.4, -0.2) is 54.5 Å². The van der Waals surface area contributed by atoms with Crippen molar-refractivity contribution in [3.8, 4) is 0 Å². The minimum absolute atomic E-state index is 0.0142. The SMILES string of the molecule is CC(C)NC(=O)NC1CCN(C(=O)CNC(=O)c2ccccc2)CC1. The summed E-state index contributed by atoms with van der Waals surface area (Å²) >= 11 is 0. The lowest BCUT2D eigenvalue weighted by atomic mass is 10.1. The van der Waals surface area contributed by atoms with Crippen molar-refractivity contribution in [1.82, 2.24) is 20.9 Å². The number of urea groups is 1. The van der Waals surface area contributed by atoms with Gasteiger partial charge in [-0.25, -0.2) is 4.79 Å². The second-order valence-electron chi connectivity index (χ2n) is 6.48. The van der Waals surface area contributed by atoms with Gasteiger partial charge in [0.15, 0.2) is 0 Å². The number of nitrogens with zero attached hydrogens (tertiary/aromatic N) is 1. The maximum absolute atomic E-state index is 12.2. The molecule has 2 rings (SSSR count). The van der Waals surface area contributed by atoms with Crippen LogP contribution >= 0.6 is 0 Å². The van der Waals surface area contributed by atoms with Crippen molar-refractivity contribution >= 4 is 17.8 Å². The smallest absolute Gasteiger partial charge is 0.315 e. The van der Waals surface area contributed by atoms with Crippen molar-refractivity contribution in [2.45, 2.75) is 38.8 Å². The van der Waals surface area contributed by atoms with Gasteiger partial charge in [-0.05, 0) is 38.8 Å². The first-order valence-electron chi connectivity index (χ1n) is 8.63. The third-order valence-corrected chi connectivity index (χ3v) is 4.04. The summed E-state index contributed by atoms with van der Waals surface area (Å²) in [6.07, 6.45) is 1.42. The van der Waals surface area contributed by atoms with E-state index >= 15 is 0 Å². The number of hydrogen-bond donors (Lipinski definition) is 3. The fourth-order valence-corrected chi connectivity index (χ4v) is 2.72. The van der Waals surface area contributed by atoms with E-state index in [1.54, 1.807) is 29.2 Å². The maximum Gasteiger partial charge on any atom is 0.315 e. The Labute approximate surface area is 148 Å². The van der Waals surface area contributed by atoms with Crippen LogP contribution < -0.4 is 16.0 Å². The molecule has 0 aliphatic carbocycles. The zero-order valence-corrected chi connectivity index (χ0v) is 14.7. The molecule has 0 bridgehead atoms. The molecule has 0 atom stereocenters. The van der Waals surface area contributed by atoms with Crippen molar-refractivity contribution in [3.05, 3.63) is 35.9 Å². The molecule has 0 aromatic heterocycles. The molecule has 1 heterocycles. The van der Waals surface area contributed by atoms with Gasteiger partial charge in [-0.15, -0.1) is 0 Å². The van der Waals surface area contributed by atoms with Crippen molar-refractivity contribution in [2.24, 2.45) is 0 Å². The monoisotopic (exact) mass is 346 g/mol. The molecule has 1 aliphatic heterocycles. The predicted molar refractivity (Wildman–Crippen MR) is 95.2 cm³/mol. The van der Waals surface area contributed by atoms with Crippen LogP contribution in [0, 0.1) is 0 Å². The van der Waals surface area contributed by atoms with E-state index in [4.69, 9.17) is 0 Å². The van der Waals surface area contributed by atoms with Gasteiger partial charge in [0.25, 0.3) is 5.91 Å². The lowest BCUT2D eigenvalue weighted by Gasteiger charge is -2.32. The molecule has 7 nitrogen and oxygen atoms in total. The van der Waals surface area contributed by atoms with Crippen LogP contribution in [0.15, 0.2) is 30.3 Å². The molecule has 0 spiro atoms. The molecule has 1 fully saturated rings. The van der Waals surface area contributed by atoms with Gasteiger partial charge >= 0.3 is 6.03 Å². The number of benzene rings is 1. The summed E-state index contributed by atoms with van der Waals surface area (Å²) in [5.41, 5.74) is 0.536. The van der Waals surface area contributed by atoms with Crippen LogP contribution in [-0.2, 0) is 4.79 Å². The Bertz CT molecular complexity index is 596. The van der Waals surface area contributed by atoms with Gasteiger partial charge in [0.1, 0.15) is 0 Å². The first-order chi connectivity index (χ1) is 12.0. The van der Waals surface area contributed by atoms with Gasteiger partial charge in [-0.3, -0.25) is 9.59 Å². The zero-order chi connectivity index (χ0) is 18.2. The number of amides is 4. The lowest BCUT2D eigenvalue weighted by Crippen LogP contribution is -2.51. The Morgan fingerprint density at radius 1 is 1.12 bits per heavy atom. The van der Waals surface area contributed by atoms with Gasteiger partial charge in [-0.1, -0.05) is 18.2 Å². The highest BCUT2D eigenvalue weighted by Gasteiger charge is 2.24. The minimum atomic E-state index is -0.254. The number of piperidine rings is 1. The topological polar surface area (TPSA) is 90.5 Å². The Balaban J connectivity index is 1.70. The fraction of sp³-hybridized carbons (Fsp3) is 0.500. The molecule has 1 aliphatic rings. The molecule has 1 aromatic carbocycles. The number of hydrogen-bond acceptors (Lipinski definition) is 3. The average molecular weight is 346 g/mol. The molecular weight excluding hydrogens is 320 g/mol. The number of rotatable bonds is 5. The van der Waals surface area contributed by atoms with Crippen LogP contribution in [0.4, 0.5) is 4.79 Å². The predicted octanol–water partition coefficient (Wildman–Crippen LogP) is 1.12. The molecule has 0 radical (unpaired) electrons. The van der Waals surface area contributed by atoms with Crippen molar-refractivity contribution < 1.29 is 14.4 Å². The molecule has 1 saturated heterocycles. The van der Waals surface area contributed by atoms with Crippen molar-refractivity contribution in [1.29, 1.82) is 0 Å². The van der Waals surface area contributed by atoms with E-state index in [-0.39, 0.29) is 36.5 Å². The Hall–Kier alpha value is -2.57. The van der Waals surface area contributed by atoms with Crippen LogP contribution in [0.3, 0.4) is 0 Å². The molecule has 7 heteroatoms. The molecule has 25 heavy (non-hydrogen) atoms. The fourth-order valence-electron chi connectivity index (χ4n) is 2.72. The van der Waals surface area contributed by atoms with E-state index < -0.39 is 0 Å². The third-order valence-electron chi connectivity index (χ3n) is 4.04. The zero-order valence-electron chi connectivity index (χ0n) is 14.7. The molecular formula is C18H26N4O3. The van der Waals surface area contributed by atoms with E-state index in [0.29, 0.717) is 31.5 Å². The van der Waals surface area contributed by atoms with Crippen LogP contribution in [0.1, 0.15) is 37.0 Å². The van der Waals surface area contributed by atoms with Crippen LogP contribution in [0.2, 0.25) is 0 Å². The summed E-state index contributed by atoms with van der Waals surface area (Å²) in [6, 6.07) is 8.81. The van der Waals surface area contributed by atoms with Gasteiger partial charge < -0.3 is 20.9 Å². The summed E-state index contributed by atoms with van der Waals surface area (Å²) in [5, 5.41) is 8.37. The third kappa shape index (κ3) is 6.10.